The Bertz CT molecular complexity index is 481. The summed E-state index contributed by atoms with van der Waals surface area (Å²) in [7, 11) is -3.21. The number of hydrogen-bond donors (Lipinski definition) is 1. The molecule has 1 fully saturated rings. The van der Waals surface area contributed by atoms with Gasteiger partial charge in [-0.25, -0.2) is 13.1 Å². The van der Waals surface area contributed by atoms with E-state index >= 15 is 0 Å². The molecule has 0 amide bonds. The van der Waals surface area contributed by atoms with Gasteiger partial charge in [-0.3, -0.25) is 4.98 Å². The fraction of sp³-hybridized carbons (Fsp3) is 0.643. The molecule has 1 N–H and O–H groups in total. The van der Waals surface area contributed by atoms with Crippen LogP contribution >= 0.6 is 0 Å². The molecule has 0 spiro atoms. The van der Waals surface area contributed by atoms with Gasteiger partial charge in [0.1, 0.15) is 0 Å². The average Bonchev–Trinajstić information content (AvgIpc) is 2.89. The average molecular weight is 282 g/mol. The molecule has 1 unspecified atom stereocenters. The van der Waals surface area contributed by atoms with Gasteiger partial charge in [-0.1, -0.05) is 25.8 Å². The lowest BCUT2D eigenvalue weighted by Gasteiger charge is -2.18. The lowest BCUT2D eigenvalue weighted by atomic mass is 10.1. The zero-order chi connectivity index (χ0) is 13.7. The van der Waals surface area contributed by atoms with Crippen LogP contribution in [0.15, 0.2) is 24.4 Å². The molecule has 0 bridgehead atoms. The molecule has 4 nitrogen and oxygen atoms in total. The maximum Gasteiger partial charge on any atom is 0.212 e. The van der Waals surface area contributed by atoms with Crippen molar-refractivity contribution in [1.29, 1.82) is 0 Å². The van der Waals surface area contributed by atoms with E-state index in [-0.39, 0.29) is 11.8 Å². The summed E-state index contributed by atoms with van der Waals surface area (Å²) in [6.07, 6.45) is 6.82. The zero-order valence-electron chi connectivity index (χ0n) is 11.4. The van der Waals surface area contributed by atoms with Crippen molar-refractivity contribution in [1.82, 2.24) is 9.71 Å². The number of aromatic nitrogens is 1. The maximum atomic E-state index is 12.2. The van der Waals surface area contributed by atoms with E-state index in [1.54, 1.807) is 6.20 Å². The van der Waals surface area contributed by atoms with Crippen molar-refractivity contribution >= 4 is 10.0 Å². The second-order valence-electron chi connectivity index (χ2n) is 5.27. The second-order valence-corrected chi connectivity index (χ2v) is 7.06. The summed E-state index contributed by atoms with van der Waals surface area (Å²) >= 11 is 0. The van der Waals surface area contributed by atoms with Crippen LogP contribution in [0.3, 0.4) is 0 Å². The first kappa shape index (κ1) is 14.5. The van der Waals surface area contributed by atoms with Crippen LogP contribution in [0.1, 0.15) is 50.8 Å². The molecule has 1 atom stereocenters. The lowest BCUT2D eigenvalue weighted by molar-refractivity contribution is 0.522. The fourth-order valence-electron chi connectivity index (χ4n) is 2.69. The number of sulfonamides is 1. The molecular formula is C14H22N2O2S. The van der Waals surface area contributed by atoms with Crippen LogP contribution in [-0.4, -0.2) is 19.2 Å². The third-order valence-electron chi connectivity index (χ3n) is 3.70. The third-order valence-corrected chi connectivity index (χ3v) is 5.26. The highest BCUT2D eigenvalue weighted by molar-refractivity contribution is 7.89. The predicted molar refractivity (Wildman–Crippen MR) is 76.1 cm³/mol. The largest absolute Gasteiger partial charge is 0.260 e. The second kappa shape index (κ2) is 6.48. The van der Waals surface area contributed by atoms with E-state index in [2.05, 4.69) is 9.71 Å². The zero-order valence-corrected chi connectivity index (χ0v) is 12.2. The Morgan fingerprint density at radius 1 is 1.37 bits per heavy atom. The summed E-state index contributed by atoms with van der Waals surface area (Å²) < 4.78 is 27.2. The fourth-order valence-corrected chi connectivity index (χ4v) is 4.46. The van der Waals surface area contributed by atoms with Gasteiger partial charge in [0.15, 0.2) is 0 Å². The summed E-state index contributed by atoms with van der Waals surface area (Å²) in [6.45, 7) is 1.97. The molecule has 0 radical (unpaired) electrons. The standard InChI is InChI=1S/C14H22N2O2S/c1-2-13(14-9-5-6-10-15-14)16-19(17,18)11-12-7-3-4-8-12/h5-6,9-10,12-13,16H,2-4,7-8,11H2,1H3. The van der Waals surface area contributed by atoms with Crippen molar-refractivity contribution < 1.29 is 8.42 Å². The monoisotopic (exact) mass is 282 g/mol. The van der Waals surface area contributed by atoms with E-state index in [9.17, 15) is 8.42 Å². The first-order valence-corrected chi connectivity index (χ1v) is 8.67. The number of nitrogens with one attached hydrogen (secondary N) is 1. The highest BCUT2D eigenvalue weighted by atomic mass is 32.2. The van der Waals surface area contributed by atoms with Crippen molar-refractivity contribution in [3.05, 3.63) is 30.1 Å². The minimum Gasteiger partial charge on any atom is -0.260 e. The van der Waals surface area contributed by atoms with E-state index in [1.165, 1.54) is 0 Å². The number of rotatable bonds is 6. The molecule has 106 valence electrons. The summed E-state index contributed by atoms with van der Waals surface area (Å²) in [6, 6.07) is 5.37. The Kier molecular flexibility index (Phi) is 4.93. The van der Waals surface area contributed by atoms with Gasteiger partial charge in [0, 0.05) is 6.20 Å². The van der Waals surface area contributed by atoms with Crippen LogP contribution in [0.25, 0.3) is 0 Å². The summed E-state index contributed by atoms with van der Waals surface area (Å²) in [5, 5.41) is 0. The van der Waals surface area contributed by atoms with Crippen molar-refractivity contribution in [2.24, 2.45) is 5.92 Å². The van der Waals surface area contributed by atoms with Crippen molar-refractivity contribution in [3.63, 3.8) is 0 Å². The molecule has 0 aliphatic heterocycles. The Labute approximate surface area is 115 Å². The highest BCUT2D eigenvalue weighted by Gasteiger charge is 2.25. The summed E-state index contributed by atoms with van der Waals surface area (Å²) in [5.41, 5.74) is 0.792. The van der Waals surface area contributed by atoms with Gasteiger partial charge in [-0.2, -0.15) is 0 Å². The number of pyridine rings is 1. The van der Waals surface area contributed by atoms with Gasteiger partial charge in [0.05, 0.1) is 17.5 Å². The lowest BCUT2D eigenvalue weighted by Crippen LogP contribution is -2.32. The predicted octanol–water partition coefficient (Wildman–Crippen LogP) is 2.64. The quantitative estimate of drug-likeness (QED) is 0.872. The van der Waals surface area contributed by atoms with Gasteiger partial charge in [0.2, 0.25) is 10.0 Å². The minimum absolute atomic E-state index is 0.215. The Balaban J connectivity index is 2.00. The normalized spacial score (nSPS) is 18.6. The maximum absolute atomic E-state index is 12.2. The number of hydrogen-bond acceptors (Lipinski definition) is 3. The first-order valence-electron chi connectivity index (χ1n) is 7.01. The molecule has 2 rings (SSSR count). The van der Waals surface area contributed by atoms with Gasteiger partial charge in [-0.05, 0) is 37.3 Å². The van der Waals surface area contributed by atoms with Crippen molar-refractivity contribution in [2.75, 3.05) is 5.75 Å². The first-order chi connectivity index (χ1) is 9.11. The molecule has 1 aromatic rings. The summed E-state index contributed by atoms with van der Waals surface area (Å²) in [4.78, 5) is 4.24. The van der Waals surface area contributed by atoms with E-state index in [1.807, 2.05) is 25.1 Å². The van der Waals surface area contributed by atoms with Crippen LogP contribution in [0.2, 0.25) is 0 Å². The van der Waals surface area contributed by atoms with Crippen LogP contribution < -0.4 is 4.72 Å². The molecule has 0 aromatic carbocycles. The van der Waals surface area contributed by atoms with Crippen LogP contribution in [0.4, 0.5) is 0 Å². The molecule has 1 aromatic heterocycles. The number of nitrogens with zero attached hydrogens (tertiary/aromatic N) is 1. The molecule has 0 saturated heterocycles. The Morgan fingerprint density at radius 3 is 2.68 bits per heavy atom. The van der Waals surface area contributed by atoms with Crippen molar-refractivity contribution in [2.45, 2.75) is 45.1 Å². The Morgan fingerprint density at radius 2 is 2.11 bits per heavy atom. The van der Waals surface area contributed by atoms with Crippen LogP contribution in [0.5, 0.6) is 0 Å². The van der Waals surface area contributed by atoms with E-state index in [0.717, 1.165) is 31.4 Å². The van der Waals surface area contributed by atoms with E-state index in [0.29, 0.717) is 12.3 Å². The van der Waals surface area contributed by atoms with Gasteiger partial charge < -0.3 is 0 Å². The third kappa shape index (κ3) is 4.28. The Hall–Kier alpha value is -0.940. The molecule has 19 heavy (non-hydrogen) atoms. The highest BCUT2D eigenvalue weighted by Crippen LogP contribution is 2.26. The topological polar surface area (TPSA) is 59.1 Å². The van der Waals surface area contributed by atoms with Crippen LogP contribution in [0, 0.1) is 5.92 Å². The van der Waals surface area contributed by atoms with Gasteiger partial charge in [-0.15, -0.1) is 0 Å². The minimum atomic E-state index is -3.21. The van der Waals surface area contributed by atoms with E-state index < -0.39 is 10.0 Å². The smallest absolute Gasteiger partial charge is 0.212 e. The van der Waals surface area contributed by atoms with Crippen molar-refractivity contribution in [3.8, 4) is 0 Å². The van der Waals surface area contributed by atoms with E-state index in [4.69, 9.17) is 0 Å². The molecule has 5 heteroatoms. The molecular weight excluding hydrogens is 260 g/mol. The molecule has 1 heterocycles. The SMILES string of the molecule is CCC(NS(=O)(=O)CC1CCCC1)c1ccccn1. The molecule has 1 aliphatic carbocycles. The molecule has 1 saturated carbocycles. The van der Waals surface area contributed by atoms with Gasteiger partial charge in [0.25, 0.3) is 0 Å². The summed E-state index contributed by atoms with van der Waals surface area (Å²) in [5.74, 6) is 0.592. The van der Waals surface area contributed by atoms with Gasteiger partial charge >= 0.3 is 0 Å². The van der Waals surface area contributed by atoms with Crippen LogP contribution in [-0.2, 0) is 10.0 Å². The molecule has 1 aliphatic rings.